The Balaban J connectivity index is 1.41. The summed E-state index contributed by atoms with van der Waals surface area (Å²) >= 11 is 0. The van der Waals surface area contributed by atoms with Crippen molar-refractivity contribution in [2.45, 2.75) is 19.0 Å². The van der Waals surface area contributed by atoms with E-state index in [1.807, 2.05) is 85.8 Å². The molecule has 1 unspecified atom stereocenters. The van der Waals surface area contributed by atoms with Crippen molar-refractivity contribution in [3.05, 3.63) is 90.0 Å². The Morgan fingerprint density at radius 1 is 0.759 bits per heavy atom. The Morgan fingerprint density at radius 3 is 2.07 bits per heavy atom. The molecule has 0 saturated heterocycles. The second kappa shape index (κ2) is 8.27. The molecule has 2 N–H and O–H groups in total. The lowest BCUT2D eigenvalue weighted by Crippen LogP contribution is -2.54. The first kappa shape index (κ1) is 18.9. The third-order valence-electron chi connectivity index (χ3n) is 5.09. The van der Waals surface area contributed by atoms with Crippen molar-refractivity contribution in [2.75, 3.05) is 18.5 Å². The topological polar surface area (TPSA) is 59.6 Å². The van der Waals surface area contributed by atoms with Crippen molar-refractivity contribution >= 4 is 11.6 Å². The van der Waals surface area contributed by atoms with Gasteiger partial charge in [-0.3, -0.25) is 4.79 Å². The molecule has 5 nitrogen and oxygen atoms in total. The molecular weight excluding hydrogens is 364 g/mol. The third kappa shape index (κ3) is 4.04. The minimum Gasteiger partial charge on any atom is -0.490 e. The fourth-order valence-corrected chi connectivity index (χ4v) is 3.51. The van der Waals surface area contributed by atoms with Crippen LogP contribution >= 0.6 is 0 Å². The van der Waals surface area contributed by atoms with Gasteiger partial charge < -0.3 is 20.1 Å². The number of ether oxygens (including phenoxy) is 2. The third-order valence-corrected chi connectivity index (χ3v) is 5.09. The predicted octanol–water partition coefficient (Wildman–Crippen LogP) is 4.56. The van der Waals surface area contributed by atoms with Crippen molar-refractivity contribution in [2.24, 2.45) is 0 Å². The van der Waals surface area contributed by atoms with Gasteiger partial charge in [-0.25, -0.2) is 0 Å². The minimum atomic E-state index is -0.639. The number of hydrogen-bond donors (Lipinski definition) is 2. The van der Waals surface area contributed by atoms with E-state index in [0.717, 1.165) is 22.7 Å². The molecule has 0 aromatic heterocycles. The highest BCUT2D eigenvalue weighted by atomic mass is 16.5. The van der Waals surface area contributed by atoms with Crippen LogP contribution in [0.3, 0.4) is 0 Å². The average Bonchev–Trinajstić information content (AvgIpc) is 2.78. The highest BCUT2D eigenvalue weighted by Crippen LogP contribution is 2.34. The quantitative estimate of drug-likeness (QED) is 0.583. The fourth-order valence-electron chi connectivity index (χ4n) is 3.51. The van der Waals surface area contributed by atoms with Gasteiger partial charge in [0.1, 0.15) is 30.4 Å². The van der Waals surface area contributed by atoms with E-state index < -0.39 is 5.66 Å². The van der Waals surface area contributed by atoms with Crippen molar-refractivity contribution in [3.63, 3.8) is 0 Å². The highest BCUT2D eigenvalue weighted by Gasteiger charge is 2.37. The summed E-state index contributed by atoms with van der Waals surface area (Å²) in [7, 11) is 0. The lowest BCUT2D eigenvalue weighted by molar-refractivity contribution is 0.0896. The zero-order chi connectivity index (χ0) is 20.1. The molecule has 0 saturated carbocycles. The van der Waals surface area contributed by atoms with Crippen LogP contribution in [0.5, 0.6) is 11.5 Å². The molecule has 3 aromatic rings. The molecule has 5 heteroatoms. The maximum Gasteiger partial charge on any atom is 0.255 e. The number of para-hydroxylation sites is 2. The molecule has 29 heavy (non-hydrogen) atoms. The Kier molecular flexibility index (Phi) is 5.38. The molecule has 0 spiro atoms. The summed E-state index contributed by atoms with van der Waals surface area (Å²) in [5, 5.41) is 6.64. The van der Waals surface area contributed by atoms with E-state index >= 15 is 0 Å². The Bertz CT molecular complexity index is 973. The molecule has 148 valence electrons. The Hall–Kier alpha value is -3.47. The average molecular weight is 388 g/mol. The van der Waals surface area contributed by atoms with Crippen LogP contribution in [-0.2, 0) is 5.66 Å². The molecule has 4 rings (SSSR count). The smallest absolute Gasteiger partial charge is 0.255 e. The molecule has 1 atom stereocenters. The van der Waals surface area contributed by atoms with E-state index in [-0.39, 0.29) is 5.91 Å². The lowest BCUT2D eigenvalue weighted by Gasteiger charge is -2.40. The van der Waals surface area contributed by atoms with Crippen molar-refractivity contribution in [1.82, 2.24) is 5.32 Å². The summed E-state index contributed by atoms with van der Waals surface area (Å²) in [5.74, 6) is 1.52. The summed E-state index contributed by atoms with van der Waals surface area (Å²) in [6.07, 6.45) is 0.707. The van der Waals surface area contributed by atoms with Crippen LogP contribution in [0.15, 0.2) is 78.9 Å². The summed E-state index contributed by atoms with van der Waals surface area (Å²) < 4.78 is 11.4. The molecule has 0 bridgehead atoms. The fraction of sp³-hybridized carbons (Fsp3) is 0.208. The monoisotopic (exact) mass is 388 g/mol. The molecule has 1 aliphatic rings. The second-order valence-electron chi connectivity index (χ2n) is 6.92. The van der Waals surface area contributed by atoms with Gasteiger partial charge in [0.05, 0.1) is 5.56 Å². The number of hydrogen-bond acceptors (Lipinski definition) is 4. The SMILES string of the molecule is CCC1(c2ccc(OCCOc3ccccc3)cc2)NC(=O)c2ccccc2N1. The zero-order valence-corrected chi connectivity index (χ0v) is 16.4. The van der Waals surface area contributed by atoms with E-state index in [1.54, 1.807) is 0 Å². The van der Waals surface area contributed by atoms with Crippen LogP contribution in [0.1, 0.15) is 29.3 Å². The molecule has 1 amide bonds. The van der Waals surface area contributed by atoms with Crippen molar-refractivity contribution in [3.8, 4) is 11.5 Å². The lowest BCUT2D eigenvalue weighted by atomic mass is 9.92. The number of carbonyl (C=O) groups is 1. The molecule has 0 radical (unpaired) electrons. The Labute approximate surface area is 170 Å². The largest absolute Gasteiger partial charge is 0.490 e. The maximum absolute atomic E-state index is 12.6. The van der Waals surface area contributed by atoms with E-state index in [9.17, 15) is 4.79 Å². The van der Waals surface area contributed by atoms with Crippen molar-refractivity contribution in [1.29, 1.82) is 0 Å². The number of carbonyl (C=O) groups excluding carboxylic acids is 1. The van der Waals surface area contributed by atoms with Crippen LogP contribution in [-0.4, -0.2) is 19.1 Å². The van der Waals surface area contributed by atoms with E-state index in [1.165, 1.54) is 0 Å². The van der Waals surface area contributed by atoms with E-state index in [4.69, 9.17) is 9.47 Å². The van der Waals surface area contributed by atoms with Gasteiger partial charge >= 0.3 is 0 Å². The summed E-state index contributed by atoms with van der Waals surface area (Å²) in [6, 6.07) is 25.0. The highest BCUT2D eigenvalue weighted by molar-refractivity contribution is 6.02. The molecule has 0 fully saturated rings. The zero-order valence-electron chi connectivity index (χ0n) is 16.4. The molecular formula is C24H24N2O3. The number of fused-ring (bicyclic) bond motifs is 1. The first-order chi connectivity index (χ1) is 14.2. The van der Waals surface area contributed by atoms with Crippen molar-refractivity contribution < 1.29 is 14.3 Å². The first-order valence-corrected chi connectivity index (χ1v) is 9.81. The molecule has 1 aliphatic heterocycles. The summed E-state index contributed by atoms with van der Waals surface area (Å²) in [5.41, 5.74) is 1.85. The number of benzene rings is 3. The normalized spacial score (nSPS) is 17.6. The number of amides is 1. The predicted molar refractivity (Wildman–Crippen MR) is 113 cm³/mol. The molecule has 3 aromatic carbocycles. The molecule has 0 aliphatic carbocycles. The van der Waals surface area contributed by atoms with Gasteiger partial charge in [0.2, 0.25) is 0 Å². The van der Waals surface area contributed by atoms with Crippen LogP contribution in [0.2, 0.25) is 0 Å². The van der Waals surface area contributed by atoms with Gasteiger partial charge in [-0.05, 0) is 48.4 Å². The van der Waals surface area contributed by atoms with E-state index in [2.05, 4.69) is 10.6 Å². The second-order valence-corrected chi connectivity index (χ2v) is 6.92. The van der Waals surface area contributed by atoms with Gasteiger partial charge in [-0.15, -0.1) is 0 Å². The Morgan fingerprint density at radius 2 is 1.38 bits per heavy atom. The summed E-state index contributed by atoms with van der Waals surface area (Å²) in [6.45, 7) is 2.97. The van der Waals surface area contributed by atoms with Crippen LogP contribution in [0.25, 0.3) is 0 Å². The standard InChI is InChI=1S/C24H24N2O3/c1-2-24(25-22-11-7-6-10-21(22)23(27)26-24)18-12-14-20(15-13-18)29-17-16-28-19-8-4-3-5-9-19/h3-15,25H,2,16-17H2,1H3,(H,26,27). The minimum absolute atomic E-state index is 0.0698. The number of rotatable bonds is 7. The van der Waals surface area contributed by atoms with Crippen LogP contribution < -0.4 is 20.1 Å². The maximum atomic E-state index is 12.6. The van der Waals surface area contributed by atoms with Gasteiger partial charge in [0.25, 0.3) is 5.91 Å². The molecule has 1 heterocycles. The van der Waals surface area contributed by atoms with Gasteiger partial charge in [0, 0.05) is 5.69 Å². The van der Waals surface area contributed by atoms with Gasteiger partial charge in [-0.2, -0.15) is 0 Å². The first-order valence-electron chi connectivity index (χ1n) is 9.81. The van der Waals surface area contributed by atoms with Gasteiger partial charge in [-0.1, -0.05) is 49.4 Å². The van der Waals surface area contributed by atoms with Crippen LogP contribution in [0.4, 0.5) is 5.69 Å². The van der Waals surface area contributed by atoms with Crippen LogP contribution in [0, 0.1) is 0 Å². The van der Waals surface area contributed by atoms with E-state index in [0.29, 0.717) is 25.2 Å². The number of anilines is 1. The summed E-state index contributed by atoms with van der Waals surface area (Å²) in [4.78, 5) is 12.6. The number of nitrogens with one attached hydrogen (secondary N) is 2. The van der Waals surface area contributed by atoms with Gasteiger partial charge in [0.15, 0.2) is 0 Å².